The monoisotopic (exact) mass is 871 g/mol. The highest BCUT2D eigenvalue weighted by Gasteiger charge is 2.48. The molecule has 1 heterocycles. The molecule has 67 heavy (non-hydrogen) atoms. The molecule has 2 aliphatic rings. The SMILES string of the molecule is C1=CC2=C(CC1)C(c1ccccc1)(c1ccccc1)c1cccc(N(c3ccc(-c4cccc5c4sc4ccccc45)cc3)c3ccccc3-c3cccc(-c4cccc5ccccc45)c3)c12. The van der Waals surface area contributed by atoms with Gasteiger partial charge in [0.05, 0.1) is 16.8 Å². The maximum atomic E-state index is 2.54. The molecular formula is C65H45NS. The maximum absolute atomic E-state index is 2.54. The zero-order valence-corrected chi connectivity index (χ0v) is 37.8. The van der Waals surface area contributed by atoms with Gasteiger partial charge in [-0.1, -0.05) is 212 Å². The van der Waals surface area contributed by atoms with Crippen LogP contribution in [0.25, 0.3) is 69.9 Å². The molecule has 0 fully saturated rings. The van der Waals surface area contributed by atoms with Crippen molar-refractivity contribution in [1.82, 2.24) is 0 Å². The van der Waals surface area contributed by atoms with E-state index in [2.05, 4.69) is 254 Å². The fraction of sp³-hybridized carbons (Fsp3) is 0.0462. The highest BCUT2D eigenvalue weighted by atomic mass is 32.1. The van der Waals surface area contributed by atoms with Crippen LogP contribution in [0.4, 0.5) is 17.1 Å². The van der Waals surface area contributed by atoms with Crippen LogP contribution in [-0.4, -0.2) is 0 Å². The van der Waals surface area contributed by atoms with E-state index in [9.17, 15) is 0 Å². The lowest BCUT2D eigenvalue weighted by molar-refractivity contribution is 0.696. The molecule has 0 atom stereocenters. The molecule has 1 aromatic heterocycles. The molecule has 0 unspecified atom stereocenters. The van der Waals surface area contributed by atoms with E-state index in [4.69, 9.17) is 0 Å². The zero-order chi connectivity index (χ0) is 44.3. The molecule has 1 nitrogen and oxygen atoms in total. The van der Waals surface area contributed by atoms with Gasteiger partial charge in [-0.05, 0) is 116 Å². The summed E-state index contributed by atoms with van der Waals surface area (Å²) < 4.78 is 2.65. The number of hydrogen-bond acceptors (Lipinski definition) is 2. The standard InChI is InChI=1S/C65H45NS/c1-3-23-48(24-4-1)65(49-25-5-2-6-26-49)58-34-12-9-30-57(58)63-59(65)35-18-37-61(63)66(50-41-39-45(40-42-50)54-32-17-33-56-55-29-11-14-38-62(55)67-64(54)56)60-36-13-10-28-53(60)47-22-15-21-46(43-47)52-31-16-20-44-19-7-8-27-51(44)52/h1-11,13-33,35-43H,12,34H2. The van der Waals surface area contributed by atoms with Crippen molar-refractivity contribution in [2.24, 2.45) is 0 Å². The number of rotatable bonds is 8. The molecule has 0 saturated carbocycles. The first kappa shape index (κ1) is 39.3. The number of para-hydroxylation sites is 1. The summed E-state index contributed by atoms with van der Waals surface area (Å²) in [6.45, 7) is 0. The predicted molar refractivity (Wildman–Crippen MR) is 286 cm³/mol. The first-order chi connectivity index (χ1) is 33.3. The second-order valence-corrected chi connectivity index (χ2v) is 18.9. The van der Waals surface area contributed by atoms with Crippen LogP contribution in [0.5, 0.6) is 0 Å². The molecule has 0 N–H and O–H groups in total. The predicted octanol–water partition coefficient (Wildman–Crippen LogP) is 18.1. The van der Waals surface area contributed by atoms with Crippen molar-refractivity contribution in [3.05, 3.63) is 277 Å². The Kier molecular flexibility index (Phi) is 9.47. The minimum atomic E-state index is -0.446. The molecule has 0 spiro atoms. The largest absolute Gasteiger partial charge is 0.309 e. The van der Waals surface area contributed by atoms with Crippen LogP contribution in [0.3, 0.4) is 0 Å². The summed E-state index contributed by atoms with van der Waals surface area (Å²) in [7, 11) is 0. The Balaban J connectivity index is 1.05. The van der Waals surface area contributed by atoms with Crippen molar-refractivity contribution < 1.29 is 0 Å². The summed E-state index contributed by atoms with van der Waals surface area (Å²) in [5.74, 6) is 0. The molecule has 2 aliphatic carbocycles. The molecule has 0 bridgehead atoms. The van der Waals surface area contributed by atoms with Crippen LogP contribution in [0.1, 0.15) is 35.1 Å². The fourth-order valence-electron chi connectivity index (χ4n) is 11.4. The highest BCUT2D eigenvalue weighted by molar-refractivity contribution is 7.26. The van der Waals surface area contributed by atoms with Gasteiger partial charge in [-0.3, -0.25) is 0 Å². The van der Waals surface area contributed by atoms with E-state index in [1.807, 2.05) is 11.3 Å². The first-order valence-corrected chi connectivity index (χ1v) is 24.2. The van der Waals surface area contributed by atoms with Crippen LogP contribution in [0, 0.1) is 0 Å². The number of benzene rings is 10. The molecule has 2 heteroatoms. The van der Waals surface area contributed by atoms with Gasteiger partial charge in [0.25, 0.3) is 0 Å². The van der Waals surface area contributed by atoms with Crippen molar-refractivity contribution in [3.8, 4) is 33.4 Å². The summed E-state index contributed by atoms with van der Waals surface area (Å²) in [5.41, 5.74) is 18.2. The summed E-state index contributed by atoms with van der Waals surface area (Å²) in [6.07, 6.45) is 6.80. The van der Waals surface area contributed by atoms with Gasteiger partial charge in [0.2, 0.25) is 0 Å². The van der Waals surface area contributed by atoms with E-state index < -0.39 is 5.41 Å². The third-order valence-electron chi connectivity index (χ3n) is 14.3. The number of hydrogen-bond donors (Lipinski definition) is 0. The van der Waals surface area contributed by atoms with Crippen LogP contribution in [0.2, 0.25) is 0 Å². The minimum Gasteiger partial charge on any atom is -0.309 e. The second kappa shape index (κ2) is 16.1. The number of thiophene rings is 1. The van der Waals surface area contributed by atoms with E-state index in [1.54, 1.807) is 0 Å². The Labute approximate surface area is 395 Å². The molecule has 11 aromatic rings. The van der Waals surface area contributed by atoms with E-state index in [-0.39, 0.29) is 0 Å². The van der Waals surface area contributed by atoms with Crippen LogP contribution < -0.4 is 4.90 Å². The van der Waals surface area contributed by atoms with Crippen LogP contribution in [-0.2, 0) is 5.41 Å². The van der Waals surface area contributed by atoms with Crippen molar-refractivity contribution in [1.29, 1.82) is 0 Å². The molecule has 13 rings (SSSR count). The molecule has 0 saturated heterocycles. The highest BCUT2D eigenvalue weighted by Crippen LogP contribution is 2.60. The molecular weight excluding hydrogens is 827 g/mol. The van der Waals surface area contributed by atoms with Crippen LogP contribution in [0.15, 0.2) is 254 Å². The number of anilines is 3. The molecule has 10 aromatic carbocycles. The minimum absolute atomic E-state index is 0.446. The molecule has 0 radical (unpaired) electrons. The number of fused-ring (bicyclic) bond motifs is 6. The Morgan fingerprint density at radius 2 is 1.03 bits per heavy atom. The Bertz CT molecular complexity index is 3700. The van der Waals surface area contributed by atoms with Crippen molar-refractivity contribution in [3.63, 3.8) is 0 Å². The van der Waals surface area contributed by atoms with Crippen molar-refractivity contribution in [2.75, 3.05) is 4.90 Å². The van der Waals surface area contributed by atoms with Gasteiger partial charge in [0, 0.05) is 37.0 Å². The summed E-state index contributed by atoms with van der Waals surface area (Å²) in [4.78, 5) is 2.54. The average molecular weight is 872 g/mol. The van der Waals surface area contributed by atoms with E-state index in [0.717, 1.165) is 24.2 Å². The van der Waals surface area contributed by atoms with Gasteiger partial charge in [0.15, 0.2) is 0 Å². The Hall–Kier alpha value is -8.04. The average Bonchev–Trinajstić information content (AvgIpc) is 3.94. The molecule has 0 aliphatic heterocycles. The lowest BCUT2D eigenvalue weighted by Crippen LogP contribution is -2.30. The van der Waals surface area contributed by atoms with Gasteiger partial charge >= 0.3 is 0 Å². The molecule has 0 amide bonds. The quantitative estimate of drug-likeness (QED) is 0.147. The first-order valence-electron chi connectivity index (χ1n) is 23.4. The summed E-state index contributed by atoms with van der Waals surface area (Å²) >= 11 is 1.88. The normalized spacial score (nSPS) is 13.9. The summed E-state index contributed by atoms with van der Waals surface area (Å²) in [6, 6.07) is 87.8. The summed E-state index contributed by atoms with van der Waals surface area (Å²) in [5, 5.41) is 5.13. The lowest BCUT2D eigenvalue weighted by atomic mass is 9.65. The third kappa shape index (κ3) is 6.28. The molecule has 316 valence electrons. The smallest absolute Gasteiger partial charge is 0.0677 e. The number of allylic oxidation sites excluding steroid dienone is 4. The van der Waals surface area contributed by atoms with E-state index in [0.29, 0.717) is 0 Å². The topological polar surface area (TPSA) is 3.24 Å². The van der Waals surface area contributed by atoms with Gasteiger partial charge < -0.3 is 4.90 Å². The lowest BCUT2D eigenvalue weighted by Gasteiger charge is -2.37. The zero-order valence-electron chi connectivity index (χ0n) is 36.9. The maximum Gasteiger partial charge on any atom is 0.0677 e. The second-order valence-electron chi connectivity index (χ2n) is 17.8. The van der Waals surface area contributed by atoms with Gasteiger partial charge in [-0.25, -0.2) is 0 Å². The van der Waals surface area contributed by atoms with Gasteiger partial charge in [-0.2, -0.15) is 0 Å². The van der Waals surface area contributed by atoms with Crippen LogP contribution >= 0.6 is 11.3 Å². The van der Waals surface area contributed by atoms with Crippen molar-refractivity contribution >= 4 is 64.9 Å². The number of nitrogens with zero attached hydrogens (tertiary/aromatic N) is 1. The van der Waals surface area contributed by atoms with Gasteiger partial charge in [-0.15, -0.1) is 11.3 Å². The fourth-order valence-corrected chi connectivity index (χ4v) is 12.6. The third-order valence-corrected chi connectivity index (χ3v) is 15.5. The Morgan fingerprint density at radius 1 is 0.433 bits per heavy atom. The van der Waals surface area contributed by atoms with E-state index in [1.165, 1.54) is 103 Å². The Morgan fingerprint density at radius 3 is 1.85 bits per heavy atom. The van der Waals surface area contributed by atoms with Crippen molar-refractivity contribution in [2.45, 2.75) is 18.3 Å². The van der Waals surface area contributed by atoms with E-state index >= 15 is 0 Å². The van der Waals surface area contributed by atoms with Gasteiger partial charge in [0.1, 0.15) is 0 Å².